The van der Waals surface area contributed by atoms with Crippen molar-refractivity contribution in [1.29, 1.82) is 0 Å². The molecule has 2 N–H and O–H groups in total. The minimum atomic E-state index is -0.0737. The number of rotatable bonds is 9. The average Bonchev–Trinajstić information content (AvgIpc) is 2.43. The quantitative estimate of drug-likeness (QED) is 0.681. The summed E-state index contributed by atoms with van der Waals surface area (Å²) in [6.45, 7) is 9.08. The van der Waals surface area contributed by atoms with Crippen LogP contribution in [-0.2, 0) is 4.74 Å². The molecule has 0 aliphatic heterocycles. The maximum atomic E-state index is 11.9. The van der Waals surface area contributed by atoms with E-state index in [1.54, 1.807) is 18.3 Å². The van der Waals surface area contributed by atoms with Crippen LogP contribution in [0.1, 0.15) is 37.6 Å². The molecule has 0 radical (unpaired) electrons. The standard InChI is InChI=1S/C15H25N3O2/c1-4-16-14-10-13(6-8-17-14)15(19)18-7-5-9-20-11-12(2)3/h6,8,10,12H,4-5,7,9,11H2,1-3H3,(H,16,17)(H,18,19). The number of ether oxygens (including phenoxy) is 1. The fourth-order valence-electron chi connectivity index (χ4n) is 1.65. The van der Waals surface area contributed by atoms with Crippen LogP contribution in [0, 0.1) is 5.92 Å². The van der Waals surface area contributed by atoms with Gasteiger partial charge in [0.25, 0.3) is 5.91 Å². The summed E-state index contributed by atoms with van der Waals surface area (Å²) >= 11 is 0. The number of hydrogen-bond acceptors (Lipinski definition) is 4. The van der Waals surface area contributed by atoms with Gasteiger partial charge in [-0.15, -0.1) is 0 Å². The van der Waals surface area contributed by atoms with Crippen molar-refractivity contribution in [2.75, 3.05) is 31.6 Å². The summed E-state index contributed by atoms with van der Waals surface area (Å²) in [6, 6.07) is 3.47. The molecule has 1 aromatic heterocycles. The van der Waals surface area contributed by atoms with E-state index in [1.165, 1.54) is 0 Å². The van der Waals surface area contributed by atoms with E-state index in [2.05, 4.69) is 29.5 Å². The number of pyridine rings is 1. The Morgan fingerprint density at radius 2 is 2.25 bits per heavy atom. The molecule has 5 nitrogen and oxygen atoms in total. The van der Waals surface area contributed by atoms with E-state index in [9.17, 15) is 4.79 Å². The van der Waals surface area contributed by atoms with Crippen LogP contribution in [0.15, 0.2) is 18.3 Å². The molecule has 1 heterocycles. The number of amides is 1. The Morgan fingerprint density at radius 1 is 1.45 bits per heavy atom. The summed E-state index contributed by atoms with van der Waals surface area (Å²) < 4.78 is 5.46. The van der Waals surface area contributed by atoms with Crippen LogP contribution >= 0.6 is 0 Å². The van der Waals surface area contributed by atoms with Crippen LogP contribution in [0.25, 0.3) is 0 Å². The summed E-state index contributed by atoms with van der Waals surface area (Å²) in [5.41, 5.74) is 0.624. The normalized spacial score (nSPS) is 10.6. The topological polar surface area (TPSA) is 63.2 Å². The van der Waals surface area contributed by atoms with Gasteiger partial charge in [0.05, 0.1) is 0 Å². The third kappa shape index (κ3) is 6.52. The van der Waals surface area contributed by atoms with Gasteiger partial charge < -0.3 is 15.4 Å². The SMILES string of the molecule is CCNc1cc(C(=O)NCCCOCC(C)C)ccn1. The van der Waals surface area contributed by atoms with Gasteiger partial charge in [-0.25, -0.2) is 4.98 Å². The minimum Gasteiger partial charge on any atom is -0.381 e. The van der Waals surface area contributed by atoms with Crippen molar-refractivity contribution in [3.05, 3.63) is 23.9 Å². The van der Waals surface area contributed by atoms with E-state index in [0.29, 0.717) is 24.6 Å². The molecule has 0 bridgehead atoms. The largest absolute Gasteiger partial charge is 0.381 e. The second kappa shape index (κ2) is 9.31. The Hall–Kier alpha value is -1.62. The highest BCUT2D eigenvalue weighted by atomic mass is 16.5. The van der Waals surface area contributed by atoms with Crippen molar-refractivity contribution in [3.8, 4) is 0 Å². The van der Waals surface area contributed by atoms with Gasteiger partial charge >= 0.3 is 0 Å². The van der Waals surface area contributed by atoms with Crippen molar-refractivity contribution < 1.29 is 9.53 Å². The fraction of sp³-hybridized carbons (Fsp3) is 0.600. The highest BCUT2D eigenvalue weighted by molar-refractivity contribution is 5.94. The number of carbonyl (C=O) groups excluding carboxylic acids is 1. The maximum absolute atomic E-state index is 11.9. The number of hydrogen-bond donors (Lipinski definition) is 2. The zero-order chi connectivity index (χ0) is 14.8. The molecule has 0 atom stereocenters. The number of anilines is 1. The first-order valence-corrected chi connectivity index (χ1v) is 7.19. The zero-order valence-electron chi connectivity index (χ0n) is 12.6. The number of nitrogens with one attached hydrogen (secondary N) is 2. The van der Waals surface area contributed by atoms with Gasteiger partial charge in [-0.3, -0.25) is 4.79 Å². The number of carbonyl (C=O) groups is 1. The van der Waals surface area contributed by atoms with Crippen LogP contribution in [0.4, 0.5) is 5.82 Å². The number of nitrogens with zero attached hydrogens (tertiary/aromatic N) is 1. The summed E-state index contributed by atoms with van der Waals surface area (Å²) in [5.74, 6) is 1.20. The van der Waals surface area contributed by atoms with E-state index < -0.39 is 0 Å². The Morgan fingerprint density at radius 3 is 2.95 bits per heavy atom. The average molecular weight is 279 g/mol. The van der Waals surface area contributed by atoms with Crippen molar-refractivity contribution >= 4 is 11.7 Å². The molecule has 0 saturated carbocycles. The smallest absolute Gasteiger partial charge is 0.251 e. The lowest BCUT2D eigenvalue weighted by atomic mass is 10.2. The fourth-order valence-corrected chi connectivity index (χ4v) is 1.65. The molecule has 0 aliphatic rings. The van der Waals surface area contributed by atoms with Crippen molar-refractivity contribution in [1.82, 2.24) is 10.3 Å². The van der Waals surface area contributed by atoms with Crippen LogP contribution in [0.2, 0.25) is 0 Å². The van der Waals surface area contributed by atoms with Crippen LogP contribution in [0.5, 0.6) is 0 Å². The molecular formula is C15H25N3O2. The van der Waals surface area contributed by atoms with Gasteiger partial charge in [0.1, 0.15) is 5.82 Å². The van der Waals surface area contributed by atoms with Gasteiger partial charge in [-0.1, -0.05) is 13.8 Å². The molecular weight excluding hydrogens is 254 g/mol. The molecule has 0 spiro atoms. The first-order valence-electron chi connectivity index (χ1n) is 7.19. The Bertz CT molecular complexity index is 408. The monoisotopic (exact) mass is 279 g/mol. The second-order valence-electron chi connectivity index (χ2n) is 5.04. The van der Waals surface area contributed by atoms with Crippen molar-refractivity contribution in [2.45, 2.75) is 27.2 Å². The Kier molecular flexibility index (Phi) is 7.65. The van der Waals surface area contributed by atoms with E-state index in [1.807, 2.05) is 6.92 Å². The summed E-state index contributed by atoms with van der Waals surface area (Å²) in [7, 11) is 0. The molecule has 0 fully saturated rings. The number of aromatic nitrogens is 1. The first kappa shape index (κ1) is 16.4. The predicted molar refractivity (Wildman–Crippen MR) is 81.0 cm³/mol. The van der Waals surface area contributed by atoms with Gasteiger partial charge in [0.2, 0.25) is 0 Å². The summed E-state index contributed by atoms with van der Waals surface area (Å²) in [4.78, 5) is 16.1. The maximum Gasteiger partial charge on any atom is 0.251 e. The van der Waals surface area contributed by atoms with Gasteiger partial charge in [-0.05, 0) is 31.4 Å². The van der Waals surface area contributed by atoms with Crippen molar-refractivity contribution in [3.63, 3.8) is 0 Å². The molecule has 1 aromatic rings. The van der Waals surface area contributed by atoms with E-state index >= 15 is 0 Å². The first-order chi connectivity index (χ1) is 9.63. The molecule has 0 saturated heterocycles. The van der Waals surface area contributed by atoms with Gasteiger partial charge in [0, 0.05) is 38.1 Å². The van der Waals surface area contributed by atoms with E-state index in [4.69, 9.17) is 4.74 Å². The molecule has 1 rings (SSSR count). The molecule has 0 aromatic carbocycles. The zero-order valence-corrected chi connectivity index (χ0v) is 12.6. The lowest BCUT2D eigenvalue weighted by molar-refractivity contribution is 0.0925. The Balaban J connectivity index is 2.27. The third-order valence-electron chi connectivity index (χ3n) is 2.58. The second-order valence-corrected chi connectivity index (χ2v) is 5.04. The Labute approximate surface area is 121 Å². The molecule has 20 heavy (non-hydrogen) atoms. The summed E-state index contributed by atoms with van der Waals surface area (Å²) in [6.07, 6.45) is 2.46. The van der Waals surface area contributed by atoms with Crippen LogP contribution in [-0.4, -0.2) is 37.2 Å². The van der Waals surface area contributed by atoms with E-state index in [0.717, 1.165) is 25.4 Å². The van der Waals surface area contributed by atoms with Crippen LogP contribution < -0.4 is 10.6 Å². The van der Waals surface area contributed by atoms with E-state index in [-0.39, 0.29) is 5.91 Å². The van der Waals surface area contributed by atoms with Crippen LogP contribution in [0.3, 0.4) is 0 Å². The molecule has 0 unspecified atom stereocenters. The van der Waals surface area contributed by atoms with Gasteiger partial charge in [0.15, 0.2) is 0 Å². The highest BCUT2D eigenvalue weighted by Crippen LogP contribution is 2.06. The lowest BCUT2D eigenvalue weighted by Gasteiger charge is -2.08. The molecule has 5 heteroatoms. The molecule has 112 valence electrons. The van der Waals surface area contributed by atoms with Gasteiger partial charge in [-0.2, -0.15) is 0 Å². The predicted octanol–water partition coefficient (Wildman–Crippen LogP) is 2.31. The molecule has 1 amide bonds. The lowest BCUT2D eigenvalue weighted by Crippen LogP contribution is -2.25. The van der Waals surface area contributed by atoms with Crippen molar-refractivity contribution in [2.24, 2.45) is 5.92 Å². The highest BCUT2D eigenvalue weighted by Gasteiger charge is 2.05. The minimum absolute atomic E-state index is 0.0737. The molecule has 0 aliphatic carbocycles. The third-order valence-corrected chi connectivity index (χ3v) is 2.58. The summed E-state index contributed by atoms with van der Waals surface area (Å²) in [5, 5.41) is 5.97.